The van der Waals surface area contributed by atoms with E-state index in [2.05, 4.69) is 20.2 Å². The number of benzene rings is 1. The molecular formula is C17H17N5O. The van der Waals surface area contributed by atoms with E-state index in [-0.39, 0.29) is 5.91 Å². The van der Waals surface area contributed by atoms with Crippen molar-refractivity contribution >= 4 is 17.5 Å². The van der Waals surface area contributed by atoms with Crippen LogP contribution in [0.3, 0.4) is 0 Å². The molecule has 23 heavy (non-hydrogen) atoms. The molecule has 1 amide bonds. The molecule has 0 radical (unpaired) electrons. The van der Waals surface area contributed by atoms with E-state index in [0.29, 0.717) is 22.8 Å². The van der Waals surface area contributed by atoms with Crippen LogP contribution < -0.4 is 10.2 Å². The third-order valence-corrected chi connectivity index (χ3v) is 3.79. The number of nitriles is 1. The number of amides is 1. The SMILES string of the molecule is N#Cc1cccc(NC(=O)c2cnc(N3CCCCC3)nc2)c1. The van der Waals surface area contributed by atoms with Crippen molar-refractivity contribution in [2.75, 3.05) is 23.3 Å². The van der Waals surface area contributed by atoms with E-state index in [1.165, 1.54) is 6.42 Å². The molecule has 1 aromatic carbocycles. The van der Waals surface area contributed by atoms with Crippen molar-refractivity contribution in [1.82, 2.24) is 9.97 Å². The Morgan fingerprint density at radius 3 is 2.61 bits per heavy atom. The van der Waals surface area contributed by atoms with E-state index < -0.39 is 0 Å². The van der Waals surface area contributed by atoms with Crippen molar-refractivity contribution in [3.8, 4) is 6.07 Å². The van der Waals surface area contributed by atoms with Crippen LogP contribution in [0.2, 0.25) is 0 Å². The molecular weight excluding hydrogens is 290 g/mol. The van der Waals surface area contributed by atoms with Gasteiger partial charge in [-0.2, -0.15) is 5.26 Å². The van der Waals surface area contributed by atoms with Gasteiger partial charge in [0.1, 0.15) is 0 Å². The number of carbonyl (C=O) groups is 1. The summed E-state index contributed by atoms with van der Waals surface area (Å²) in [4.78, 5) is 23.0. The van der Waals surface area contributed by atoms with Gasteiger partial charge in [0.05, 0.1) is 17.2 Å². The minimum Gasteiger partial charge on any atom is -0.341 e. The quantitative estimate of drug-likeness (QED) is 0.942. The third kappa shape index (κ3) is 3.64. The van der Waals surface area contributed by atoms with Crippen LogP contribution in [-0.2, 0) is 0 Å². The first kappa shape index (κ1) is 15.0. The van der Waals surface area contributed by atoms with Crippen LogP contribution in [-0.4, -0.2) is 29.0 Å². The summed E-state index contributed by atoms with van der Waals surface area (Å²) in [6, 6.07) is 8.82. The molecule has 1 aliphatic heterocycles. The highest BCUT2D eigenvalue weighted by atomic mass is 16.1. The van der Waals surface area contributed by atoms with Crippen molar-refractivity contribution in [1.29, 1.82) is 5.26 Å². The van der Waals surface area contributed by atoms with Gasteiger partial charge in [0, 0.05) is 31.2 Å². The molecule has 2 aromatic rings. The summed E-state index contributed by atoms with van der Waals surface area (Å²) < 4.78 is 0. The van der Waals surface area contributed by atoms with Gasteiger partial charge in [-0.1, -0.05) is 6.07 Å². The van der Waals surface area contributed by atoms with E-state index in [1.54, 1.807) is 36.7 Å². The first-order chi connectivity index (χ1) is 11.3. The van der Waals surface area contributed by atoms with E-state index in [9.17, 15) is 4.79 Å². The van der Waals surface area contributed by atoms with Gasteiger partial charge in [0.25, 0.3) is 5.91 Å². The predicted molar refractivity (Wildman–Crippen MR) is 87.2 cm³/mol. The molecule has 1 saturated heterocycles. The largest absolute Gasteiger partial charge is 0.341 e. The lowest BCUT2D eigenvalue weighted by molar-refractivity contribution is 0.102. The molecule has 0 saturated carbocycles. The smallest absolute Gasteiger partial charge is 0.258 e. The Morgan fingerprint density at radius 1 is 1.17 bits per heavy atom. The fourth-order valence-corrected chi connectivity index (χ4v) is 2.57. The summed E-state index contributed by atoms with van der Waals surface area (Å²) in [5.41, 5.74) is 1.47. The van der Waals surface area contributed by atoms with Crippen LogP contribution in [0.25, 0.3) is 0 Å². The average Bonchev–Trinajstić information content (AvgIpc) is 2.63. The standard InChI is InChI=1S/C17H17N5O/c18-10-13-5-4-6-15(9-13)21-16(23)14-11-19-17(20-12-14)22-7-2-1-3-8-22/h4-6,9,11-12H,1-3,7-8H2,(H,21,23). The predicted octanol–water partition coefficient (Wildman–Crippen LogP) is 2.59. The number of hydrogen-bond donors (Lipinski definition) is 1. The van der Waals surface area contributed by atoms with Gasteiger partial charge in [-0.3, -0.25) is 4.79 Å². The molecule has 0 aliphatic carbocycles. The summed E-state index contributed by atoms with van der Waals surface area (Å²) in [6.07, 6.45) is 6.64. The number of aromatic nitrogens is 2. The second-order valence-electron chi connectivity index (χ2n) is 5.47. The molecule has 3 rings (SSSR count). The van der Waals surface area contributed by atoms with Gasteiger partial charge < -0.3 is 10.2 Å². The number of carbonyl (C=O) groups excluding carboxylic acids is 1. The molecule has 0 unspecified atom stereocenters. The summed E-state index contributed by atoms with van der Waals surface area (Å²) in [6.45, 7) is 1.93. The Balaban J connectivity index is 1.68. The van der Waals surface area contributed by atoms with Crippen molar-refractivity contribution in [3.05, 3.63) is 47.8 Å². The normalized spacial score (nSPS) is 14.1. The fourth-order valence-electron chi connectivity index (χ4n) is 2.57. The maximum atomic E-state index is 12.2. The number of anilines is 2. The second kappa shape index (κ2) is 6.88. The van der Waals surface area contributed by atoms with Gasteiger partial charge >= 0.3 is 0 Å². The number of piperidine rings is 1. The van der Waals surface area contributed by atoms with Gasteiger partial charge in [-0.05, 0) is 37.5 Å². The van der Waals surface area contributed by atoms with Crippen LogP contribution >= 0.6 is 0 Å². The average molecular weight is 307 g/mol. The molecule has 6 nitrogen and oxygen atoms in total. The zero-order valence-corrected chi connectivity index (χ0v) is 12.7. The van der Waals surface area contributed by atoms with E-state index >= 15 is 0 Å². The minimum absolute atomic E-state index is 0.287. The van der Waals surface area contributed by atoms with E-state index in [1.807, 2.05) is 6.07 Å². The number of hydrogen-bond acceptors (Lipinski definition) is 5. The molecule has 0 atom stereocenters. The molecule has 1 aromatic heterocycles. The zero-order valence-electron chi connectivity index (χ0n) is 12.7. The summed E-state index contributed by atoms with van der Waals surface area (Å²) in [7, 11) is 0. The topological polar surface area (TPSA) is 81.9 Å². The summed E-state index contributed by atoms with van der Waals surface area (Å²) >= 11 is 0. The van der Waals surface area contributed by atoms with Crippen LogP contribution in [0.1, 0.15) is 35.2 Å². The van der Waals surface area contributed by atoms with Gasteiger partial charge in [0.15, 0.2) is 0 Å². The van der Waals surface area contributed by atoms with Gasteiger partial charge in [-0.15, -0.1) is 0 Å². The lowest BCUT2D eigenvalue weighted by Crippen LogP contribution is -2.31. The van der Waals surface area contributed by atoms with Crippen LogP contribution in [0.5, 0.6) is 0 Å². The van der Waals surface area contributed by atoms with Crippen molar-refractivity contribution in [2.45, 2.75) is 19.3 Å². The molecule has 116 valence electrons. The lowest BCUT2D eigenvalue weighted by atomic mass is 10.1. The van der Waals surface area contributed by atoms with Crippen molar-refractivity contribution in [2.24, 2.45) is 0 Å². The highest BCUT2D eigenvalue weighted by Crippen LogP contribution is 2.16. The number of rotatable bonds is 3. The van der Waals surface area contributed by atoms with Gasteiger partial charge in [0.2, 0.25) is 5.95 Å². The highest BCUT2D eigenvalue weighted by molar-refractivity contribution is 6.03. The summed E-state index contributed by atoms with van der Waals surface area (Å²) in [5.74, 6) is 0.387. The van der Waals surface area contributed by atoms with Crippen LogP contribution in [0.15, 0.2) is 36.7 Å². The van der Waals surface area contributed by atoms with Crippen LogP contribution in [0.4, 0.5) is 11.6 Å². The molecule has 0 spiro atoms. The maximum absolute atomic E-state index is 12.2. The fraction of sp³-hybridized carbons (Fsp3) is 0.294. The van der Waals surface area contributed by atoms with E-state index in [4.69, 9.17) is 5.26 Å². The Morgan fingerprint density at radius 2 is 1.91 bits per heavy atom. The van der Waals surface area contributed by atoms with Crippen molar-refractivity contribution < 1.29 is 4.79 Å². The Kier molecular flexibility index (Phi) is 4.48. The Bertz CT molecular complexity index is 729. The highest BCUT2D eigenvalue weighted by Gasteiger charge is 2.14. The van der Waals surface area contributed by atoms with E-state index in [0.717, 1.165) is 25.9 Å². The third-order valence-electron chi connectivity index (χ3n) is 3.79. The maximum Gasteiger partial charge on any atom is 0.258 e. The summed E-state index contributed by atoms with van der Waals surface area (Å²) in [5, 5.41) is 11.6. The second-order valence-corrected chi connectivity index (χ2v) is 5.47. The molecule has 1 N–H and O–H groups in total. The molecule has 1 fully saturated rings. The molecule has 0 bridgehead atoms. The molecule has 1 aliphatic rings. The number of nitrogens with zero attached hydrogens (tertiary/aromatic N) is 4. The molecule has 2 heterocycles. The number of nitrogens with one attached hydrogen (secondary N) is 1. The Hall–Kier alpha value is -2.94. The first-order valence-corrected chi connectivity index (χ1v) is 7.65. The van der Waals surface area contributed by atoms with Crippen molar-refractivity contribution in [3.63, 3.8) is 0 Å². The van der Waals surface area contributed by atoms with Gasteiger partial charge in [-0.25, -0.2) is 9.97 Å². The minimum atomic E-state index is -0.287. The lowest BCUT2D eigenvalue weighted by Gasteiger charge is -2.26. The van der Waals surface area contributed by atoms with Crippen LogP contribution in [0, 0.1) is 11.3 Å². The Labute approximate surface area is 134 Å². The first-order valence-electron chi connectivity index (χ1n) is 7.65. The monoisotopic (exact) mass is 307 g/mol. The zero-order chi connectivity index (χ0) is 16.1. The molecule has 6 heteroatoms.